The van der Waals surface area contributed by atoms with Gasteiger partial charge in [0.05, 0.1) is 12.0 Å². The summed E-state index contributed by atoms with van der Waals surface area (Å²) in [6.45, 7) is 2.33. The highest BCUT2D eigenvalue weighted by Crippen LogP contribution is 2.18. The van der Waals surface area contributed by atoms with Crippen molar-refractivity contribution in [1.29, 1.82) is 0 Å². The number of methoxy groups -OCH3 is 1. The third-order valence-electron chi connectivity index (χ3n) is 1.97. The molecule has 0 aromatic heterocycles. The molecule has 0 fully saturated rings. The van der Waals surface area contributed by atoms with E-state index in [-0.39, 0.29) is 5.38 Å². The van der Waals surface area contributed by atoms with Gasteiger partial charge in [-0.2, -0.15) is 0 Å². The fourth-order valence-corrected chi connectivity index (χ4v) is 1.44. The molecule has 2 nitrogen and oxygen atoms in total. The number of hydrogen-bond acceptors (Lipinski definition) is 2. The Bertz CT molecular complexity index is 240. The van der Waals surface area contributed by atoms with Gasteiger partial charge in [0.2, 0.25) is 0 Å². The third-order valence-corrected chi connectivity index (χ3v) is 2.37. The highest BCUT2D eigenvalue weighted by Gasteiger charge is 2.05. The first-order chi connectivity index (χ1) is 6.84. The average molecular weight is 214 g/mol. The fraction of sp³-hybridized carbons (Fsp3) is 0.455. The summed E-state index contributed by atoms with van der Waals surface area (Å²) in [7, 11) is 1.69. The van der Waals surface area contributed by atoms with Crippen LogP contribution in [-0.2, 0) is 4.74 Å². The average Bonchev–Trinajstić information content (AvgIpc) is 2.25. The number of benzene rings is 1. The Morgan fingerprint density at radius 1 is 1.36 bits per heavy atom. The van der Waals surface area contributed by atoms with Crippen LogP contribution >= 0.6 is 11.6 Å². The van der Waals surface area contributed by atoms with Crippen molar-refractivity contribution in [3.8, 4) is 0 Å². The Hall–Kier alpha value is -0.570. The van der Waals surface area contributed by atoms with E-state index < -0.39 is 0 Å². The van der Waals surface area contributed by atoms with E-state index in [0.29, 0.717) is 0 Å². The molecule has 0 bridgehead atoms. The zero-order valence-electron chi connectivity index (χ0n) is 8.37. The summed E-state index contributed by atoms with van der Waals surface area (Å²) in [6.07, 6.45) is 0. The van der Waals surface area contributed by atoms with Crippen molar-refractivity contribution in [2.45, 2.75) is 5.38 Å². The van der Waals surface area contributed by atoms with Crippen LogP contribution < -0.4 is 5.32 Å². The third kappa shape index (κ3) is 4.09. The molecule has 0 aliphatic rings. The molecule has 0 amide bonds. The van der Waals surface area contributed by atoms with Crippen molar-refractivity contribution in [2.75, 3.05) is 26.8 Å². The zero-order chi connectivity index (χ0) is 10.2. The first-order valence-electron chi connectivity index (χ1n) is 4.73. The number of ether oxygens (including phenoxy) is 1. The second-order valence-corrected chi connectivity index (χ2v) is 3.60. The molecule has 3 heteroatoms. The second-order valence-electron chi connectivity index (χ2n) is 3.08. The summed E-state index contributed by atoms with van der Waals surface area (Å²) >= 11 is 6.18. The molecule has 1 rings (SSSR count). The molecule has 0 aliphatic carbocycles. The summed E-state index contributed by atoms with van der Waals surface area (Å²) in [5.74, 6) is 0. The van der Waals surface area contributed by atoms with Gasteiger partial charge in [-0.25, -0.2) is 0 Å². The predicted molar refractivity (Wildman–Crippen MR) is 59.8 cm³/mol. The molecular formula is C11H16ClNO. The molecule has 0 aliphatic heterocycles. The van der Waals surface area contributed by atoms with Gasteiger partial charge in [-0.15, -0.1) is 11.6 Å². The quantitative estimate of drug-likeness (QED) is 0.578. The number of hydrogen-bond donors (Lipinski definition) is 1. The first-order valence-corrected chi connectivity index (χ1v) is 5.17. The van der Waals surface area contributed by atoms with Crippen molar-refractivity contribution >= 4 is 11.6 Å². The Morgan fingerprint density at radius 3 is 2.71 bits per heavy atom. The second kappa shape index (κ2) is 6.82. The monoisotopic (exact) mass is 213 g/mol. The molecular weight excluding hydrogens is 198 g/mol. The molecule has 1 aromatic carbocycles. The maximum Gasteiger partial charge on any atom is 0.0709 e. The maximum atomic E-state index is 6.18. The Morgan fingerprint density at radius 2 is 2.07 bits per heavy atom. The smallest absolute Gasteiger partial charge is 0.0709 e. The lowest BCUT2D eigenvalue weighted by Gasteiger charge is -2.10. The fourth-order valence-electron chi connectivity index (χ4n) is 1.18. The van der Waals surface area contributed by atoms with Crippen LogP contribution in [0, 0.1) is 0 Å². The van der Waals surface area contributed by atoms with Crippen LogP contribution in [0.4, 0.5) is 0 Å². The minimum Gasteiger partial charge on any atom is -0.383 e. The topological polar surface area (TPSA) is 21.3 Å². The molecule has 1 unspecified atom stereocenters. The van der Waals surface area contributed by atoms with Crippen molar-refractivity contribution < 1.29 is 4.74 Å². The molecule has 0 radical (unpaired) electrons. The molecule has 1 aromatic rings. The number of alkyl halides is 1. The summed E-state index contributed by atoms with van der Waals surface area (Å²) in [5, 5.41) is 3.26. The zero-order valence-corrected chi connectivity index (χ0v) is 9.13. The summed E-state index contributed by atoms with van der Waals surface area (Å²) < 4.78 is 4.92. The van der Waals surface area contributed by atoms with Gasteiger partial charge in [0.25, 0.3) is 0 Å². The molecule has 1 atom stereocenters. The van der Waals surface area contributed by atoms with Crippen molar-refractivity contribution in [3.63, 3.8) is 0 Å². The van der Waals surface area contributed by atoms with E-state index in [9.17, 15) is 0 Å². The van der Waals surface area contributed by atoms with E-state index in [2.05, 4.69) is 5.32 Å². The van der Waals surface area contributed by atoms with Crippen LogP contribution in [0.2, 0.25) is 0 Å². The van der Waals surface area contributed by atoms with Crippen LogP contribution in [0.5, 0.6) is 0 Å². The molecule has 0 saturated carbocycles. The Kier molecular flexibility index (Phi) is 5.60. The van der Waals surface area contributed by atoms with Gasteiger partial charge in [-0.3, -0.25) is 0 Å². The van der Waals surface area contributed by atoms with Crippen molar-refractivity contribution in [3.05, 3.63) is 35.9 Å². The van der Waals surface area contributed by atoms with Crippen LogP contribution in [0.15, 0.2) is 30.3 Å². The number of halogens is 1. The van der Waals surface area contributed by atoms with Gasteiger partial charge in [0.15, 0.2) is 0 Å². The molecule has 0 spiro atoms. The largest absolute Gasteiger partial charge is 0.383 e. The van der Waals surface area contributed by atoms with Gasteiger partial charge >= 0.3 is 0 Å². The highest BCUT2D eigenvalue weighted by molar-refractivity contribution is 6.21. The molecule has 14 heavy (non-hydrogen) atoms. The molecule has 78 valence electrons. The summed E-state index contributed by atoms with van der Waals surface area (Å²) in [5.41, 5.74) is 1.15. The van der Waals surface area contributed by atoms with Gasteiger partial charge in [0, 0.05) is 20.2 Å². The normalized spacial score (nSPS) is 12.7. The lowest BCUT2D eigenvalue weighted by atomic mass is 10.1. The van der Waals surface area contributed by atoms with E-state index in [1.165, 1.54) is 0 Å². The van der Waals surface area contributed by atoms with E-state index >= 15 is 0 Å². The van der Waals surface area contributed by atoms with Crippen LogP contribution in [0.25, 0.3) is 0 Å². The summed E-state index contributed by atoms with van der Waals surface area (Å²) in [4.78, 5) is 0. The predicted octanol–water partition coefficient (Wildman–Crippen LogP) is 2.20. The van der Waals surface area contributed by atoms with E-state index in [0.717, 1.165) is 25.3 Å². The minimum absolute atomic E-state index is 0.0352. The van der Waals surface area contributed by atoms with Crippen LogP contribution in [0.1, 0.15) is 10.9 Å². The number of rotatable bonds is 6. The molecule has 0 saturated heterocycles. The van der Waals surface area contributed by atoms with Gasteiger partial charge in [-0.05, 0) is 5.56 Å². The van der Waals surface area contributed by atoms with Crippen LogP contribution in [0.3, 0.4) is 0 Å². The minimum atomic E-state index is 0.0352. The van der Waals surface area contributed by atoms with Gasteiger partial charge < -0.3 is 10.1 Å². The Balaban J connectivity index is 2.25. The van der Waals surface area contributed by atoms with Crippen LogP contribution in [-0.4, -0.2) is 26.8 Å². The van der Waals surface area contributed by atoms with E-state index in [4.69, 9.17) is 16.3 Å². The highest BCUT2D eigenvalue weighted by atomic mass is 35.5. The lowest BCUT2D eigenvalue weighted by Crippen LogP contribution is -2.23. The standard InChI is InChI=1S/C11H16ClNO/c1-14-8-7-13-9-11(12)10-5-3-2-4-6-10/h2-6,11,13H,7-9H2,1H3. The molecule has 1 N–H and O–H groups in total. The van der Waals surface area contributed by atoms with Gasteiger partial charge in [0.1, 0.15) is 0 Å². The maximum absolute atomic E-state index is 6.18. The number of nitrogens with one attached hydrogen (secondary N) is 1. The lowest BCUT2D eigenvalue weighted by molar-refractivity contribution is 0.199. The SMILES string of the molecule is COCCNCC(Cl)c1ccccc1. The summed E-state index contributed by atoms with van der Waals surface area (Å²) in [6, 6.07) is 10.1. The molecule has 0 heterocycles. The van der Waals surface area contributed by atoms with Gasteiger partial charge in [-0.1, -0.05) is 30.3 Å². The van der Waals surface area contributed by atoms with E-state index in [1.54, 1.807) is 7.11 Å². The Labute approximate surface area is 90.2 Å². The van der Waals surface area contributed by atoms with Crippen molar-refractivity contribution in [2.24, 2.45) is 0 Å². The van der Waals surface area contributed by atoms with E-state index in [1.807, 2.05) is 30.3 Å². The van der Waals surface area contributed by atoms with Crippen molar-refractivity contribution in [1.82, 2.24) is 5.32 Å². The first kappa shape index (κ1) is 11.5.